The third kappa shape index (κ3) is 3.51. The van der Waals surface area contributed by atoms with Gasteiger partial charge in [-0.15, -0.1) is 11.3 Å². The first-order chi connectivity index (χ1) is 15.8. The van der Waals surface area contributed by atoms with Crippen molar-refractivity contribution in [2.24, 2.45) is 0 Å². The molecule has 172 valence electrons. The lowest BCUT2D eigenvalue weighted by molar-refractivity contribution is 0.0702. The lowest BCUT2D eigenvalue weighted by Crippen LogP contribution is -2.51. The number of anilines is 2. The Balaban J connectivity index is 1.73. The Bertz CT molecular complexity index is 1330. The third-order valence-electron chi connectivity index (χ3n) is 6.21. The average molecular weight is 485 g/mol. The van der Waals surface area contributed by atoms with Gasteiger partial charge < -0.3 is 14.7 Å². The molecule has 0 radical (unpaired) electrons. The van der Waals surface area contributed by atoms with Crippen LogP contribution in [0.1, 0.15) is 40.7 Å². The molecule has 2 aliphatic rings. The summed E-state index contributed by atoms with van der Waals surface area (Å²) in [6.07, 6.45) is 2.18. The van der Waals surface area contributed by atoms with Crippen LogP contribution in [0.3, 0.4) is 0 Å². The lowest BCUT2D eigenvalue weighted by Gasteiger charge is -2.44. The maximum Gasteiger partial charge on any atom is 0.345 e. The fourth-order valence-corrected chi connectivity index (χ4v) is 6.97. The van der Waals surface area contributed by atoms with E-state index in [1.54, 1.807) is 25.2 Å². The molecule has 1 N–H and O–H groups in total. The summed E-state index contributed by atoms with van der Waals surface area (Å²) >= 11 is 1.16. The second kappa shape index (κ2) is 8.16. The number of benzene rings is 2. The first-order valence-electron chi connectivity index (χ1n) is 10.8. The maximum atomic E-state index is 13.6. The minimum absolute atomic E-state index is 0.194. The summed E-state index contributed by atoms with van der Waals surface area (Å²) in [6.45, 7) is 2.35. The molecule has 1 aromatic heterocycles. The summed E-state index contributed by atoms with van der Waals surface area (Å²) in [5, 5.41) is 9.41. The Kier molecular flexibility index (Phi) is 5.43. The first-order valence-corrected chi connectivity index (χ1v) is 13.1. The first kappa shape index (κ1) is 21.9. The number of carbonyl (C=O) groups is 1. The van der Waals surface area contributed by atoms with Crippen molar-refractivity contribution in [2.75, 3.05) is 11.9 Å². The highest BCUT2D eigenvalue weighted by atomic mass is 32.2. The van der Waals surface area contributed by atoms with E-state index >= 15 is 0 Å². The number of ether oxygens (including phenoxy) is 1. The summed E-state index contributed by atoms with van der Waals surface area (Å²) in [5.41, 5.74) is 2.81. The van der Waals surface area contributed by atoms with Gasteiger partial charge in [0.05, 0.1) is 10.6 Å². The number of fused-ring (bicyclic) bond motifs is 4. The Morgan fingerprint density at radius 2 is 1.94 bits per heavy atom. The molecule has 0 amide bonds. The monoisotopic (exact) mass is 484 g/mol. The van der Waals surface area contributed by atoms with Crippen LogP contribution in [0, 0.1) is 0 Å². The number of hydrogen-bond donors (Lipinski definition) is 1. The molecule has 0 unspecified atom stereocenters. The molecule has 1 atom stereocenters. The standard InChI is InChI=1S/C24H24N2O5S2/c1-3-4-10-23-25(2)33(29,30)22-12-16-17-11-20(24(27)28)32-21(17)14-31-19(16)13-18(22)26(23)15-8-6-5-7-9-15/h5-9,11-13,23H,3-4,10,14H2,1-2H3,(H,27,28)/t23-/m0/s1. The van der Waals surface area contributed by atoms with Crippen LogP contribution in [0.5, 0.6) is 5.75 Å². The highest BCUT2D eigenvalue weighted by Gasteiger charge is 2.42. The Labute approximate surface area is 196 Å². The number of unbranched alkanes of at least 4 members (excludes halogenated alkanes) is 1. The molecule has 0 saturated heterocycles. The fraction of sp³-hybridized carbons (Fsp3) is 0.292. The van der Waals surface area contributed by atoms with Crippen LogP contribution in [-0.4, -0.2) is 37.0 Å². The molecule has 0 spiro atoms. The van der Waals surface area contributed by atoms with E-state index in [0.29, 0.717) is 23.4 Å². The Hall–Kier alpha value is -2.88. The van der Waals surface area contributed by atoms with E-state index < -0.39 is 16.0 Å². The van der Waals surface area contributed by atoms with Crippen LogP contribution >= 0.6 is 11.3 Å². The maximum absolute atomic E-state index is 13.6. The van der Waals surface area contributed by atoms with Crippen molar-refractivity contribution in [3.8, 4) is 16.9 Å². The number of nitrogens with zero attached hydrogens (tertiary/aromatic N) is 2. The van der Waals surface area contributed by atoms with E-state index in [-0.39, 0.29) is 22.5 Å². The largest absolute Gasteiger partial charge is 0.487 e. The second-order valence-electron chi connectivity index (χ2n) is 8.21. The molecule has 2 aromatic carbocycles. The number of carboxylic acids is 1. The molecule has 5 rings (SSSR count). The van der Waals surface area contributed by atoms with Crippen molar-refractivity contribution in [2.45, 2.75) is 43.9 Å². The van der Waals surface area contributed by atoms with Gasteiger partial charge >= 0.3 is 5.97 Å². The predicted molar refractivity (Wildman–Crippen MR) is 128 cm³/mol. The Morgan fingerprint density at radius 1 is 1.18 bits per heavy atom. The van der Waals surface area contributed by atoms with Gasteiger partial charge in [0.1, 0.15) is 28.3 Å². The number of rotatable bonds is 5. The highest BCUT2D eigenvalue weighted by molar-refractivity contribution is 7.89. The molecule has 0 fully saturated rings. The van der Waals surface area contributed by atoms with Crippen molar-refractivity contribution in [3.05, 3.63) is 58.3 Å². The quantitative estimate of drug-likeness (QED) is 0.529. The Morgan fingerprint density at radius 3 is 2.64 bits per heavy atom. The van der Waals surface area contributed by atoms with Gasteiger partial charge in [-0.25, -0.2) is 13.2 Å². The van der Waals surface area contributed by atoms with Gasteiger partial charge in [0.15, 0.2) is 0 Å². The molecular weight excluding hydrogens is 460 g/mol. The second-order valence-corrected chi connectivity index (χ2v) is 11.3. The summed E-state index contributed by atoms with van der Waals surface area (Å²) in [6, 6.07) is 14.8. The topological polar surface area (TPSA) is 87.2 Å². The summed E-state index contributed by atoms with van der Waals surface area (Å²) in [4.78, 5) is 14.7. The molecule has 0 aliphatic carbocycles. The van der Waals surface area contributed by atoms with E-state index in [9.17, 15) is 18.3 Å². The molecular formula is C24H24N2O5S2. The molecule has 0 bridgehead atoms. The zero-order valence-corrected chi connectivity index (χ0v) is 19.9. The van der Waals surface area contributed by atoms with Gasteiger partial charge in [0, 0.05) is 29.9 Å². The van der Waals surface area contributed by atoms with Gasteiger partial charge in [-0.05, 0) is 30.7 Å². The normalized spacial score (nSPS) is 18.7. The van der Waals surface area contributed by atoms with Gasteiger partial charge in [0.25, 0.3) is 0 Å². The smallest absolute Gasteiger partial charge is 0.345 e. The van der Waals surface area contributed by atoms with Crippen molar-refractivity contribution < 1.29 is 23.1 Å². The van der Waals surface area contributed by atoms with Crippen LogP contribution in [0.2, 0.25) is 0 Å². The van der Waals surface area contributed by atoms with Gasteiger partial charge in [-0.3, -0.25) is 0 Å². The van der Waals surface area contributed by atoms with Crippen molar-refractivity contribution in [1.29, 1.82) is 0 Å². The van der Waals surface area contributed by atoms with Crippen molar-refractivity contribution >= 4 is 38.7 Å². The molecule has 9 heteroatoms. The zero-order chi connectivity index (χ0) is 23.3. The van der Waals surface area contributed by atoms with Crippen LogP contribution < -0.4 is 9.64 Å². The van der Waals surface area contributed by atoms with Gasteiger partial charge in [-0.2, -0.15) is 4.31 Å². The number of hydrogen-bond acceptors (Lipinski definition) is 6. The van der Waals surface area contributed by atoms with Crippen LogP contribution in [0.15, 0.2) is 53.4 Å². The summed E-state index contributed by atoms with van der Waals surface area (Å²) < 4.78 is 34.7. The van der Waals surface area contributed by atoms with Crippen molar-refractivity contribution in [3.63, 3.8) is 0 Å². The van der Waals surface area contributed by atoms with E-state index in [4.69, 9.17) is 4.74 Å². The van der Waals surface area contributed by atoms with Gasteiger partial charge in [-0.1, -0.05) is 38.0 Å². The highest BCUT2D eigenvalue weighted by Crippen LogP contribution is 2.49. The van der Waals surface area contributed by atoms with E-state index in [1.807, 2.05) is 30.3 Å². The lowest BCUT2D eigenvalue weighted by atomic mass is 10.0. The number of carboxylic acid groups (broad SMARTS) is 1. The van der Waals surface area contributed by atoms with E-state index in [0.717, 1.165) is 40.3 Å². The number of thiophene rings is 1. The van der Waals surface area contributed by atoms with E-state index in [1.165, 1.54) is 4.31 Å². The summed E-state index contributed by atoms with van der Waals surface area (Å²) in [5.74, 6) is -0.443. The van der Waals surface area contributed by atoms with Crippen molar-refractivity contribution in [1.82, 2.24) is 4.31 Å². The minimum Gasteiger partial charge on any atom is -0.487 e. The number of aromatic carboxylic acids is 1. The summed E-state index contributed by atoms with van der Waals surface area (Å²) in [7, 11) is -2.14. The van der Waals surface area contributed by atoms with E-state index in [2.05, 4.69) is 11.8 Å². The molecule has 33 heavy (non-hydrogen) atoms. The molecule has 0 saturated carbocycles. The average Bonchev–Trinajstić information content (AvgIpc) is 3.26. The third-order valence-corrected chi connectivity index (χ3v) is 9.20. The number of para-hydroxylation sites is 1. The van der Waals surface area contributed by atoms with Gasteiger partial charge in [0.2, 0.25) is 10.0 Å². The SMILES string of the molecule is CCCC[C@@H]1N(c2ccccc2)c2cc3c(cc2S(=O)(=O)N1C)-c1cc(C(=O)O)sc1CO3. The van der Waals surface area contributed by atoms with Crippen LogP contribution in [0.25, 0.3) is 11.1 Å². The van der Waals surface area contributed by atoms with Crippen LogP contribution in [-0.2, 0) is 16.6 Å². The minimum atomic E-state index is -3.76. The van der Waals surface area contributed by atoms with Crippen LogP contribution in [0.4, 0.5) is 11.4 Å². The predicted octanol–water partition coefficient (Wildman–Crippen LogP) is 5.29. The molecule has 3 aromatic rings. The molecule has 2 aliphatic heterocycles. The molecule has 3 heterocycles. The zero-order valence-electron chi connectivity index (χ0n) is 18.3. The number of sulfonamides is 1. The molecule has 7 nitrogen and oxygen atoms in total. The fourth-order valence-electron chi connectivity index (χ4n) is 4.52.